The van der Waals surface area contributed by atoms with Gasteiger partial charge in [0.2, 0.25) is 0 Å². The molecular formula is C10H22N2OS. The highest BCUT2D eigenvalue weighted by Crippen LogP contribution is 2.02. The van der Waals surface area contributed by atoms with Gasteiger partial charge in [0, 0.05) is 19.0 Å². The first kappa shape index (κ1) is 13.8. The molecule has 0 amide bonds. The topological polar surface area (TPSA) is 49.5 Å². The highest BCUT2D eigenvalue weighted by atomic mass is 32.1. The zero-order valence-electron chi connectivity index (χ0n) is 9.36. The lowest BCUT2D eigenvalue weighted by Gasteiger charge is -2.24. The number of thiocarbonyl (C=S) groups is 1. The summed E-state index contributed by atoms with van der Waals surface area (Å²) in [6, 6.07) is 0. The molecule has 0 saturated heterocycles. The first-order valence-corrected chi connectivity index (χ1v) is 5.57. The second-order valence-corrected chi connectivity index (χ2v) is 4.31. The molecule has 2 atom stereocenters. The maximum atomic E-state index is 9.16. The highest BCUT2D eigenvalue weighted by molar-refractivity contribution is 7.80. The van der Waals surface area contributed by atoms with Crippen molar-refractivity contribution in [2.45, 2.75) is 33.3 Å². The van der Waals surface area contributed by atoms with Crippen molar-refractivity contribution in [3.63, 3.8) is 0 Å². The molecule has 0 heterocycles. The normalized spacial score (nSPS) is 15.5. The van der Waals surface area contributed by atoms with Crippen LogP contribution in [0.25, 0.3) is 0 Å². The Morgan fingerprint density at radius 3 is 2.43 bits per heavy atom. The summed E-state index contributed by atoms with van der Waals surface area (Å²) in [6.45, 7) is 8.71. The smallest absolute Gasteiger partial charge is 0.0768 e. The molecule has 0 saturated carbocycles. The monoisotopic (exact) mass is 218 g/mol. The van der Waals surface area contributed by atoms with Gasteiger partial charge in [0.05, 0.1) is 11.1 Å². The van der Waals surface area contributed by atoms with Crippen molar-refractivity contribution in [3.05, 3.63) is 0 Å². The Hall–Kier alpha value is -0.190. The van der Waals surface area contributed by atoms with Crippen LogP contribution < -0.4 is 5.73 Å². The summed E-state index contributed by atoms with van der Waals surface area (Å²) in [7, 11) is 0. The molecule has 14 heavy (non-hydrogen) atoms. The summed E-state index contributed by atoms with van der Waals surface area (Å²) >= 11 is 4.92. The van der Waals surface area contributed by atoms with E-state index in [9.17, 15) is 0 Å². The van der Waals surface area contributed by atoms with Crippen LogP contribution in [-0.2, 0) is 0 Å². The molecular weight excluding hydrogens is 196 g/mol. The third-order valence-corrected chi connectivity index (χ3v) is 2.73. The molecule has 0 rings (SSSR count). The van der Waals surface area contributed by atoms with E-state index in [4.69, 9.17) is 23.1 Å². The highest BCUT2D eigenvalue weighted by Gasteiger charge is 2.11. The van der Waals surface area contributed by atoms with Gasteiger partial charge in [-0.25, -0.2) is 0 Å². The van der Waals surface area contributed by atoms with E-state index in [2.05, 4.69) is 11.8 Å². The lowest BCUT2D eigenvalue weighted by atomic mass is 10.1. The lowest BCUT2D eigenvalue weighted by molar-refractivity contribution is 0.155. The van der Waals surface area contributed by atoms with Gasteiger partial charge in [0.15, 0.2) is 0 Å². The molecule has 0 aromatic heterocycles. The third kappa shape index (κ3) is 6.29. The van der Waals surface area contributed by atoms with Crippen molar-refractivity contribution in [2.24, 2.45) is 11.7 Å². The average Bonchev–Trinajstić information content (AvgIpc) is 2.11. The molecule has 0 aliphatic carbocycles. The summed E-state index contributed by atoms with van der Waals surface area (Å²) in [4.78, 5) is 2.83. The van der Waals surface area contributed by atoms with E-state index in [-0.39, 0.29) is 12.0 Å². The summed E-state index contributed by atoms with van der Waals surface area (Å²) in [5, 5.41) is 9.16. The predicted molar refractivity (Wildman–Crippen MR) is 64.4 cm³/mol. The molecule has 4 heteroatoms. The SMILES string of the molecule is CCN(CCC(C)O)CC(C)C(N)=S. The van der Waals surface area contributed by atoms with E-state index >= 15 is 0 Å². The van der Waals surface area contributed by atoms with E-state index in [1.54, 1.807) is 0 Å². The van der Waals surface area contributed by atoms with E-state index in [1.165, 1.54) is 0 Å². The molecule has 2 unspecified atom stereocenters. The van der Waals surface area contributed by atoms with Crippen LogP contribution in [0, 0.1) is 5.92 Å². The number of hydrogen-bond donors (Lipinski definition) is 2. The first-order chi connectivity index (χ1) is 6.47. The van der Waals surface area contributed by atoms with Crippen LogP contribution in [0.4, 0.5) is 0 Å². The number of aliphatic hydroxyl groups is 1. The zero-order valence-corrected chi connectivity index (χ0v) is 10.2. The maximum absolute atomic E-state index is 9.16. The number of rotatable bonds is 7. The fraction of sp³-hybridized carbons (Fsp3) is 0.900. The van der Waals surface area contributed by atoms with Crippen LogP contribution in [-0.4, -0.2) is 40.7 Å². The summed E-state index contributed by atoms with van der Waals surface area (Å²) in [6.07, 6.45) is 0.571. The first-order valence-electron chi connectivity index (χ1n) is 5.17. The summed E-state index contributed by atoms with van der Waals surface area (Å²) in [5.74, 6) is 0.249. The number of hydrogen-bond acceptors (Lipinski definition) is 3. The second kappa shape index (κ2) is 7.15. The van der Waals surface area contributed by atoms with Crippen molar-refractivity contribution in [1.29, 1.82) is 0 Å². The summed E-state index contributed by atoms with van der Waals surface area (Å²) in [5.41, 5.74) is 5.55. The minimum absolute atomic E-state index is 0.232. The minimum Gasteiger partial charge on any atom is -0.393 e. The van der Waals surface area contributed by atoms with Crippen molar-refractivity contribution in [3.8, 4) is 0 Å². The van der Waals surface area contributed by atoms with Crippen LogP contribution >= 0.6 is 12.2 Å². The van der Waals surface area contributed by atoms with Crippen molar-refractivity contribution in [2.75, 3.05) is 19.6 Å². The molecule has 0 bridgehead atoms. The summed E-state index contributed by atoms with van der Waals surface area (Å²) < 4.78 is 0. The average molecular weight is 218 g/mol. The number of nitrogens with two attached hydrogens (primary N) is 1. The van der Waals surface area contributed by atoms with E-state index in [0.29, 0.717) is 4.99 Å². The van der Waals surface area contributed by atoms with E-state index in [1.807, 2.05) is 13.8 Å². The van der Waals surface area contributed by atoms with E-state index in [0.717, 1.165) is 26.1 Å². The van der Waals surface area contributed by atoms with Crippen LogP contribution in [0.15, 0.2) is 0 Å². The van der Waals surface area contributed by atoms with Crippen LogP contribution in [0.3, 0.4) is 0 Å². The lowest BCUT2D eigenvalue weighted by Crippen LogP contribution is -2.35. The molecule has 0 aromatic carbocycles. The van der Waals surface area contributed by atoms with Crippen LogP contribution in [0.5, 0.6) is 0 Å². The maximum Gasteiger partial charge on any atom is 0.0768 e. The Bertz CT molecular complexity index is 174. The standard InChI is InChI=1S/C10H22N2OS/c1-4-12(6-5-9(3)13)7-8(2)10(11)14/h8-9,13H,4-7H2,1-3H3,(H2,11,14). The number of nitrogens with zero attached hydrogens (tertiary/aromatic N) is 1. The zero-order chi connectivity index (χ0) is 11.1. The molecule has 0 spiro atoms. The van der Waals surface area contributed by atoms with E-state index < -0.39 is 0 Å². The molecule has 0 radical (unpaired) electrons. The largest absolute Gasteiger partial charge is 0.393 e. The Balaban J connectivity index is 3.84. The van der Waals surface area contributed by atoms with Crippen LogP contribution in [0.1, 0.15) is 27.2 Å². The Labute approximate surface area is 92.3 Å². The Kier molecular flexibility index (Phi) is 7.05. The van der Waals surface area contributed by atoms with Gasteiger partial charge in [-0.2, -0.15) is 0 Å². The molecule has 0 fully saturated rings. The molecule has 0 aliphatic rings. The van der Waals surface area contributed by atoms with Gasteiger partial charge in [0.25, 0.3) is 0 Å². The van der Waals surface area contributed by atoms with Crippen molar-refractivity contribution >= 4 is 17.2 Å². The second-order valence-electron chi connectivity index (χ2n) is 3.83. The fourth-order valence-electron chi connectivity index (χ4n) is 1.23. The molecule has 3 N–H and O–H groups in total. The van der Waals surface area contributed by atoms with Gasteiger partial charge < -0.3 is 15.7 Å². The van der Waals surface area contributed by atoms with Crippen molar-refractivity contribution in [1.82, 2.24) is 4.90 Å². The molecule has 0 aliphatic heterocycles. The molecule has 3 nitrogen and oxygen atoms in total. The Morgan fingerprint density at radius 1 is 1.50 bits per heavy atom. The molecule has 84 valence electrons. The fourth-order valence-corrected chi connectivity index (χ4v) is 1.30. The van der Waals surface area contributed by atoms with Crippen LogP contribution in [0.2, 0.25) is 0 Å². The van der Waals surface area contributed by atoms with Gasteiger partial charge in [-0.15, -0.1) is 0 Å². The molecule has 0 aromatic rings. The minimum atomic E-state index is -0.232. The number of aliphatic hydroxyl groups excluding tert-OH is 1. The van der Waals surface area contributed by atoms with Gasteiger partial charge in [-0.05, 0) is 19.9 Å². The van der Waals surface area contributed by atoms with Crippen molar-refractivity contribution < 1.29 is 5.11 Å². The third-order valence-electron chi connectivity index (χ3n) is 2.33. The van der Waals surface area contributed by atoms with Gasteiger partial charge >= 0.3 is 0 Å². The van der Waals surface area contributed by atoms with Gasteiger partial charge in [-0.3, -0.25) is 0 Å². The van der Waals surface area contributed by atoms with Gasteiger partial charge in [0.1, 0.15) is 0 Å². The quantitative estimate of drug-likeness (QED) is 0.626. The van der Waals surface area contributed by atoms with Gasteiger partial charge in [-0.1, -0.05) is 26.1 Å². The predicted octanol–water partition coefficient (Wildman–Crippen LogP) is 1.00. The Morgan fingerprint density at radius 2 is 2.07 bits per heavy atom.